The van der Waals surface area contributed by atoms with Crippen LogP contribution in [0.25, 0.3) is 0 Å². The van der Waals surface area contributed by atoms with Crippen molar-refractivity contribution < 1.29 is 5.21 Å². The van der Waals surface area contributed by atoms with Crippen LogP contribution in [0, 0.1) is 0 Å². The van der Waals surface area contributed by atoms with Crippen LogP contribution in [0.1, 0.15) is 18.4 Å². The average Bonchev–Trinajstić information content (AvgIpc) is 2.79. The highest BCUT2D eigenvalue weighted by Gasteiger charge is 2.18. The van der Waals surface area contributed by atoms with Crippen molar-refractivity contribution in [3.8, 4) is 0 Å². The summed E-state index contributed by atoms with van der Waals surface area (Å²) in [5.74, 6) is 0. The van der Waals surface area contributed by atoms with Crippen molar-refractivity contribution in [2.75, 3.05) is 18.0 Å². The second-order valence-corrected chi connectivity index (χ2v) is 3.81. The van der Waals surface area contributed by atoms with Crippen molar-refractivity contribution in [3.63, 3.8) is 0 Å². The molecule has 1 aromatic rings. The van der Waals surface area contributed by atoms with Gasteiger partial charge in [-0.2, -0.15) is 5.10 Å². The molecule has 6 heteroatoms. The van der Waals surface area contributed by atoms with Crippen molar-refractivity contribution in [2.45, 2.75) is 12.8 Å². The Hall–Kier alpha value is -1.85. The van der Waals surface area contributed by atoms with Crippen molar-refractivity contribution in [1.82, 2.24) is 9.78 Å². The number of hydrogen-bond acceptors (Lipinski definition) is 5. The van der Waals surface area contributed by atoms with Crippen LogP contribution < -0.4 is 10.5 Å². The van der Waals surface area contributed by atoms with E-state index in [-0.39, 0.29) is 5.56 Å². The molecule has 0 aromatic carbocycles. The smallest absolute Gasteiger partial charge is 0.277 e. The van der Waals surface area contributed by atoms with Crippen LogP contribution >= 0.6 is 0 Å². The lowest BCUT2D eigenvalue weighted by atomic mass is 10.2. The van der Waals surface area contributed by atoms with E-state index in [1.165, 1.54) is 10.9 Å². The van der Waals surface area contributed by atoms with Gasteiger partial charge >= 0.3 is 0 Å². The summed E-state index contributed by atoms with van der Waals surface area (Å²) in [5.41, 5.74) is 0.891. The minimum Gasteiger partial charge on any atom is -0.411 e. The molecule has 1 N–H and O–H groups in total. The topological polar surface area (TPSA) is 70.7 Å². The van der Waals surface area contributed by atoms with Gasteiger partial charge in [-0.1, -0.05) is 5.16 Å². The standard InChI is InChI=1S/C10H14N4O2/c1-13-10(15)8(6-12-16)9(7-11-13)14-4-2-3-5-14/h6-7,16H,2-5H2,1H3/b12-6-. The number of hydrogen-bond donors (Lipinski definition) is 1. The first-order valence-corrected chi connectivity index (χ1v) is 5.22. The highest BCUT2D eigenvalue weighted by atomic mass is 16.4. The molecule has 2 rings (SSSR count). The summed E-state index contributed by atoms with van der Waals surface area (Å²) in [6, 6.07) is 0. The Kier molecular flexibility index (Phi) is 2.89. The van der Waals surface area contributed by atoms with Crippen molar-refractivity contribution in [3.05, 3.63) is 22.1 Å². The number of aryl methyl sites for hydroxylation is 1. The van der Waals surface area contributed by atoms with Gasteiger partial charge in [0, 0.05) is 20.1 Å². The van der Waals surface area contributed by atoms with E-state index in [1.807, 2.05) is 0 Å². The molecular formula is C10H14N4O2. The zero-order valence-electron chi connectivity index (χ0n) is 9.13. The zero-order chi connectivity index (χ0) is 11.5. The third-order valence-corrected chi connectivity index (χ3v) is 2.79. The summed E-state index contributed by atoms with van der Waals surface area (Å²) in [5, 5.41) is 15.5. The second kappa shape index (κ2) is 4.34. The molecule has 0 amide bonds. The van der Waals surface area contributed by atoms with Gasteiger partial charge < -0.3 is 10.1 Å². The number of anilines is 1. The van der Waals surface area contributed by atoms with Crippen LogP contribution in [0.3, 0.4) is 0 Å². The fraction of sp³-hybridized carbons (Fsp3) is 0.500. The fourth-order valence-corrected chi connectivity index (χ4v) is 1.94. The number of rotatable bonds is 2. The molecule has 1 saturated heterocycles. The summed E-state index contributed by atoms with van der Waals surface area (Å²) in [6.45, 7) is 1.84. The number of oxime groups is 1. The third kappa shape index (κ3) is 1.78. The van der Waals surface area contributed by atoms with Gasteiger partial charge in [-0.15, -0.1) is 0 Å². The maximum Gasteiger partial charge on any atom is 0.277 e. The highest BCUT2D eigenvalue weighted by molar-refractivity contribution is 5.86. The third-order valence-electron chi connectivity index (χ3n) is 2.79. The Bertz CT molecular complexity index is 460. The van der Waals surface area contributed by atoms with Gasteiger partial charge in [0.1, 0.15) is 0 Å². The summed E-state index contributed by atoms with van der Waals surface area (Å²) >= 11 is 0. The van der Waals surface area contributed by atoms with Gasteiger partial charge in [0.05, 0.1) is 23.7 Å². The Morgan fingerprint density at radius 1 is 1.50 bits per heavy atom. The lowest BCUT2D eigenvalue weighted by molar-refractivity contribution is 0.321. The maximum absolute atomic E-state index is 11.8. The first kappa shape index (κ1) is 10.7. The molecule has 2 heterocycles. The molecular weight excluding hydrogens is 208 g/mol. The summed E-state index contributed by atoms with van der Waals surface area (Å²) in [6.07, 6.45) is 5.05. The van der Waals surface area contributed by atoms with E-state index < -0.39 is 0 Å². The van der Waals surface area contributed by atoms with Gasteiger partial charge in [0.25, 0.3) is 5.56 Å². The molecule has 86 valence electrons. The summed E-state index contributed by atoms with van der Waals surface area (Å²) in [7, 11) is 1.57. The van der Waals surface area contributed by atoms with E-state index in [1.54, 1.807) is 13.2 Å². The van der Waals surface area contributed by atoms with Crippen LogP contribution in [0.15, 0.2) is 16.1 Å². The molecule has 6 nitrogen and oxygen atoms in total. The predicted molar refractivity (Wildman–Crippen MR) is 60.3 cm³/mol. The van der Waals surface area contributed by atoms with Crippen molar-refractivity contribution in [2.24, 2.45) is 12.2 Å². The summed E-state index contributed by atoms with van der Waals surface area (Å²) < 4.78 is 1.23. The van der Waals surface area contributed by atoms with Gasteiger partial charge in [-0.3, -0.25) is 4.79 Å². The number of aromatic nitrogens is 2. The van der Waals surface area contributed by atoms with Crippen molar-refractivity contribution in [1.29, 1.82) is 0 Å². The minimum absolute atomic E-state index is 0.248. The second-order valence-electron chi connectivity index (χ2n) is 3.81. The van der Waals surface area contributed by atoms with Crippen LogP contribution in [0.2, 0.25) is 0 Å². The molecule has 16 heavy (non-hydrogen) atoms. The van der Waals surface area contributed by atoms with E-state index in [0.717, 1.165) is 31.6 Å². The minimum atomic E-state index is -0.248. The Morgan fingerprint density at radius 3 is 2.81 bits per heavy atom. The van der Waals surface area contributed by atoms with E-state index >= 15 is 0 Å². The van der Waals surface area contributed by atoms with Crippen molar-refractivity contribution >= 4 is 11.9 Å². The van der Waals surface area contributed by atoms with Gasteiger partial charge in [0.15, 0.2) is 0 Å². The average molecular weight is 222 g/mol. The van der Waals surface area contributed by atoms with Crippen LogP contribution in [0.5, 0.6) is 0 Å². The Balaban J connectivity index is 2.51. The Morgan fingerprint density at radius 2 is 2.19 bits per heavy atom. The molecule has 0 bridgehead atoms. The Labute approximate surface area is 92.8 Å². The molecule has 0 atom stereocenters. The molecule has 0 radical (unpaired) electrons. The monoisotopic (exact) mass is 222 g/mol. The van der Waals surface area contributed by atoms with E-state index in [2.05, 4.69) is 15.2 Å². The van der Waals surface area contributed by atoms with Gasteiger partial charge in [-0.05, 0) is 12.8 Å². The lowest BCUT2D eigenvalue weighted by Crippen LogP contribution is -2.29. The van der Waals surface area contributed by atoms with Gasteiger partial charge in [0.2, 0.25) is 0 Å². The molecule has 1 aliphatic rings. The summed E-state index contributed by atoms with van der Waals surface area (Å²) in [4.78, 5) is 13.9. The molecule has 0 spiro atoms. The lowest BCUT2D eigenvalue weighted by Gasteiger charge is -2.18. The SMILES string of the molecule is Cn1ncc(N2CCCC2)c(/C=N\O)c1=O. The normalized spacial score (nSPS) is 16.2. The molecule has 1 aliphatic heterocycles. The molecule has 1 fully saturated rings. The first-order valence-electron chi connectivity index (χ1n) is 5.22. The number of nitrogens with zero attached hydrogens (tertiary/aromatic N) is 4. The van der Waals surface area contributed by atoms with Crippen LogP contribution in [-0.2, 0) is 7.05 Å². The van der Waals surface area contributed by atoms with Crippen LogP contribution in [-0.4, -0.2) is 34.3 Å². The molecule has 0 aliphatic carbocycles. The van der Waals surface area contributed by atoms with E-state index in [4.69, 9.17) is 5.21 Å². The maximum atomic E-state index is 11.8. The predicted octanol–water partition coefficient (Wildman–Crippen LogP) is 0.189. The van der Waals surface area contributed by atoms with Gasteiger partial charge in [-0.25, -0.2) is 4.68 Å². The van der Waals surface area contributed by atoms with E-state index in [0.29, 0.717) is 5.56 Å². The fourth-order valence-electron chi connectivity index (χ4n) is 1.94. The van der Waals surface area contributed by atoms with E-state index in [9.17, 15) is 4.79 Å². The molecule has 0 saturated carbocycles. The van der Waals surface area contributed by atoms with Crippen LogP contribution in [0.4, 0.5) is 5.69 Å². The first-order chi connectivity index (χ1) is 7.74. The largest absolute Gasteiger partial charge is 0.411 e. The molecule has 0 unspecified atom stereocenters. The molecule has 1 aromatic heterocycles. The zero-order valence-corrected chi connectivity index (χ0v) is 9.13. The quantitative estimate of drug-likeness (QED) is 0.440. The highest BCUT2D eigenvalue weighted by Crippen LogP contribution is 2.20.